The molecular formula is C28H40N2O6S. The maximum Gasteiger partial charge on any atom is 0.246 e. The van der Waals surface area contributed by atoms with Gasteiger partial charge in [0.2, 0.25) is 15.9 Å². The summed E-state index contributed by atoms with van der Waals surface area (Å²) in [4.78, 5) is 13.2. The van der Waals surface area contributed by atoms with Crippen molar-refractivity contribution in [2.75, 3.05) is 34.0 Å². The van der Waals surface area contributed by atoms with Crippen molar-refractivity contribution in [3.8, 4) is 11.5 Å². The highest BCUT2D eigenvalue weighted by molar-refractivity contribution is 7.89. The average Bonchev–Trinajstić information content (AvgIpc) is 3.36. The average molecular weight is 533 g/mol. The van der Waals surface area contributed by atoms with Crippen LogP contribution in [-0.4, -0.2) is 58.7 Å². The second kappa shape index (κ2) is 12.3. The fraction of sp³-hybridized carbons (Fsp3) is 0.536. The zero-order valence-electron chi connectivity index (χ0n) is 22.8. The summed E-state index contributed by atoms with van der Waals surface area (Å²) in [6.45, 7) is 8.08. The number of ether oxygens (including phenoxy) is 3. The van der Waals surface area contributed by atoms with E-state index in [9.17, 15) is 13.2 Å². The zero-order chi connectivity index (χ0) is 27.2. The van der Waals surface area contributed by atoms with Gasteiger partial charge in [0.05, 0.1) is 31.3 Å². The predicted octanol–water partition coefficient (Wildman–Crippen LogP) is 4.32. The quantitative estimate of drug-likeness (QED) is 0.438. The topological polar surface area (TPSA) is 94.2 Å². The summed E-state index contributed by atoms with van der Waals surface area (Å²) in [5, 5.41) is 3.15. The van der Waals surface area contributed by atoms with E-state index in [-0.39, 0.29) is 25.2 Å². The molecule has 0 bridgehead atoms. The summed E-state index contributed by atoms with van der Waals surface area (Å²) >= 11 is 0. The number of carbonyl (C=O) groups excluding carboxylic acids is 1. The fourth-order valence-corrected chi connectivity index (χ4v) is 7.36. The molecule has 1 aliphatic rings. The lowest BCUT2D eigenvalue weighted by Crippen LogP contribution is -2.47. The Kier molecular flexibility index (Phi) is 9.61. The molecule has 8 nitrogen and oxygen atoms in total. The number of benzene rings is 2. The van der Waals surface area contributed by atoms with E-state index in [1.165, 1.54) is 4.31 Å². The molecule has 1 N–H and O–H groups in total. The summed E-state index contributed by atoms with van der Waals surface area (Å²) in [5.74, 6) is 1.13. The van der Waals surface area contributed by atoms with Crippen LogP contribution in [0.25, 0.3) is 0 Å². The third kappa shape index (κ3) is 6.27. The number of methoxy groups -OCH3 is 2. The Morgan fingerprint density at radius 1 is 1.05 bits per heavy atom. The molecule has 0 aliphatic carbocycles. The SMILES string of the molecule is CCC(CC)(NC(=O)COC[C@@H]1CCCN1S(=O)(=O)c1c(C)cc(OC)cc1C)c1cccc(OC)c1. The number of rotatable bonds is 12. The molecule has 0 aromatic heterocycles. The smallest absolute Gasteiger partial charge is 0.246 e. The van der Waals surface area contributed by atoms with E-state index in [0.29, 0.717) is 47.6 Å². The minimum absolute atomic E-state index is 0.142. The first-order valence-electron chi connectivity index (χ1n) is 12.8. The highest BCUT2D eigenvalue weighted by Crippen LogP contribution is 2.33. The van der Waals surface area contributed by atoms with Crippen LogP contribution in [0.3, 0.4) is 0 Å². The molecule has 1 saturated heterocycles. The Hall–Kier alpha value is -2.62. The van der Waals surface area contributed by atoms with Gasteiger partial charge in [-0.05, 0) is 80.5 Å². The molecule has 1 fully saturated rings. The van der Waals surface area contributed by atoms with Crippen LogP contribution in [0, 0.1) is 13.8 Å². The Morgan fingerprint density at radius 3 is 2.30 bits per heavy atom. The molecule has 9 heteroatoms. The summed E-state index contributed by atoms with van der Waals surface area (Å²) in [7, 11) is -0.535. The Morgan fingerprint density at radius 2 is 1.70 bits per heavy atom. The van der Waals surface area contributed by atoms with Gasteiger partial charge in [-0.1, -0.05) is 26.0 Å². The van der Waals surface area contributed by atoms with E-state index >= 15 is 0 Å². The highest BCUT2D eigenvalue weighted by atomic mass is 32.2. The summed E-state index contributed by atoms with van der Waals surface area (Å²) in [5.41, 5.74) is 1.73. The third-order valence-electron chi connectivity index (χ3n) is 7.31. The largest absolute Gasteiger partial charge is 0.497 e. The van der Waals surface area contributed by atoms with Gasteiger partial charge in [0.15, 0.2) is 0 Å². The molecule has 0 radical (unpaired) electrons. The van der Waals surface area contributed by atoms with Crippen LogP contribution in [0.4, 0.5) is 0 Å². The van der Waals surface area contributed by atoms with Crippen LogP contribution in [0.15, 0.2) is 41.3 Å². The molecule has 204 valence electrons. The molecule has 0 unspecified atom stereocenters. The van der Waals surface area contributed by atoms with Crippen molar-refractivity contribution in [3.63, 3.8) is 0 Å². The van der Waals surface area contributed by atoms with Crippen LogP contribution in [0.2, 0.25) is 0 Å². The van der Waals surface area contributed by atoms with Crippen LogP contribution in [0.1, 0.15) is 56.2 Å². The first-order valence-corrected chi connectivity index (χ1v) is 14.3. The van der Waals surface area contributed by atoms with Crippen molar-refractivity contribution in [1.82, 2.24) is 9.62 Å². The standard InChI is InChI=1S/C28H40N2O6S/c1-7-28(8-2,22-11-9-13-24(17-22)34-5)29-26(31)19-36-18-23-12-10-14-30(23)37(32,33)27-20(3)15-25(35-6)16-21(27)4/h9,11,13,15-17,23H,7-8,10,12,14,18-19H2,1-6H3,(H,29,31)/t23-/m0/s1. The molecular weight excluding hydrogens is 492 g/mol. The Balaban J connectivity index is 1.67. The molecule has 1 atom stereocenters. The number of hydrogen-bond donors (Lipinski definition) is 1. The van der Waals surface area contributed by atoms with E-state index in [1.54, 1.807) is 40.2 Å². The van der Waals surface area contributed by atoms with Crippen molar-refractivity contribution in [1.29, 1.82) is 0 Å². The van der Waals surface area contributed by atoms with Crippen LogP contribution >= 0.6 is 0 Å². The zero-order valence-corrected chi connectivity index (χ0v) is 23.6. The van der Waals surface area contributed by atoms with Gasteiger partial charge in [-0.3, -0.25) is 4.79 Å². The third-order valence-corrected chi connectivity index (χ3v) is 9.57. The van der Waals surface area contributed by atoms with Gasteiger partial charge in [-0.15, -0.1) is 0 Å². The summed E-state index contributed by atoms with van der Waals surface area (Å²) in [6, 6.07) is 10.9. The monoisotopic (exact) mass is 532 g/mol. The summed E-state index contributed by atoms with van der Waals surface area (Å²) in [6.07, 6.45) is 2.85. The summed E-state index contributed by atoms with van der Waals surface area (Å²) < 4.78 is 45.2. The number of amides is 1. The van der Waals surface area contributed by atoms with E-state index < -0.39 is 15.6 Å². The van der Waals surface area contributed by atoms with E-state index in [0.717, 1.165) is 17.7 Å². The number of nitrogens with zero attached hydrogens (tertiary/aromatic N) is 1. The maximum atomic E-state index is 13.6. The molecule has 0 spiro atoms. The van der Waals surface area contributed by atoms with E-state index in [1.807, 2.05) is 38.1 Å². The molecule has 37 heavy (non-hydrogen) atoms. The lowest BCUT2D eigenvalue weighted by Gasteiger charge is -2.34. The number of hydrogen-bond acceptors (Lipinski definition) is 6. The Bertz CT molecular complexity index is 1170. The molecule has 3 rings (SSSR count). The Labute approximate surface area is 221 Å². The van der Waals surface area contributed by atoms with Crippen molar-refractivity contribution in [3.05, 3.63) is 53.1 Å². The number of nitrogens with one attached hydrogen (secondary N) is 1. The first kappa shape index (κ1) is 28.9. The second-order valence-corrected chi connectivity index (χ2v) is 11.4. The molecule has 0 saturated carbocycles. The van der Waals surface area contributed by atoms with Crippen LogP contribution in [-0.2, 0) is 25.1 Å². The number of sulfonamides is 1. The second-order valence-electron chi connectivity index (χ2n) is 9.59. The first-order chi connectivity index (χ1) is 17.6. The van der Waals surface area contributed by atoms with Gasteiger partial charge in [-0.2, -0.15) is 4.31 Å². The fourth-order valence-electron chi connectivity index (χ4n) is 5.26. The minimum Gasteiger partial charge on any atom is -0.497 e. The van der Waals surface area contributed by atoms with Gasteiger partial charge < -0.3 is 19.5 Å². The maximum absolute atomic E-state index is 13.6. The number of carbonyl (C=O) groups is 1. The van der Waals surface area contributed by atoms with E-state index in [4.69, 9.17) is 14.2 Å². The predicted molar refractivity (Wildman–Crippen MR) is 144 cm³/mol. The van der Waals surface area contributed by atoms with Gasteiger partial charge >= 0.3 is 0 Å². The lowest BCUT2D eigenvalue weighted by molar-refractivity contribution is -0.128. The molecule has 1 heterocycles. The van der Waals surface area contributed by atoms with Crippen molar-refractivity contribution < 1.29 is 27.4 Å². The highest BCUT2D eigenvalue weighted by Gasteiger charge is 2.37. The van der Waals surface area contributed by atoms with Crippen LogP contribution in [0.5, 0.6) is 11.5 Å². The molecule has 1 amide bonds. The van der Waals surface area contributed by atoms with Crippen molar-refractivity contribution in [2.45, 2.75) is 69.9 Å². The number of aryl methyl sites for hydroxylation is 2. The normalized spacial score (nSPS) is 16.5. The lowest BCUT2D eigenvalue weighted by atomic mass is 9.84. The molecule has 1 aliphatic heterocycles. The van der Waals surface area contributed by atoms with Gasteiger partial charge in [0.1, 0.15) is 18.1 Å². The van der Waals surface area contributed by atoms with Crippen molar-refractivity contribution >= 4 is 15.9 Å². The van der Waals surface area contributed by atoms with Gasteiger partial charge in [0, 0.05) is 12.6 Å². The van der Waals surface area contributed by atoms with Crippen LogP contribution < -0.4 is 14.8 Å². The molecule has 2 aromatic carbocycles. The van der Waals surface area contributed by atoms with Crippen molar-refractivity contribution in [2.24, 2.45) is 0 Å². The molecule has 2 aromatic rings. The van der Waals surface area contributed by atoms with Gasteiger partial charge in [0.25, 0.3) is 0 Å². The van der Waals surface area contributed by atoms with Gasteiger partial charge in [-0.25, -0.2) is 8.42 Å². The minimum atomic E-state index is -3.72. The van der Waals surface area contributed by atoms with E-state index in [2.05, 4.69) is 5.32 Å².